The molecule has 0 saturated heterocycles. The number of aromatic hydroxyl groups is 1. The van der Waals surface area contributed by atoms with Gasteiger partial charge in [-0.2, -0.15) is 0 Å². The van der Waals surface area contributed by atoms with E-state index in [4.69, 9.17) is 0 Å². The first-order chi connectivity index (χ1) is 10.2. The van der Waals surface area contributed by atoms with E-state index in [1.165, 1.54) is 29.7 Å². The molecule has 0 aliphatic heterocycles. The Labute approximate surface area is 124 Å². The van der Waals surface area contributed by atoms with E-state index in [1.54, 1.807) is 6.07 Å². The van der Waals surface area contributed by atoms with Crippen LogP contribution in [0.15, 0.2) is 42.5 Å². The number of aryl methyl sites for hydroxylation is 1. The summed E-state index contributed by atoms with van der Waals surface area (Å²) in [7, 11) is 0. The average molecular weight is 285 g/mol. The highest BCUT2D eigenvalue weighted by atomic mass is 19.1. The molecule has 1 unspecified atom stereocenters. The van der Waals surface area contributed by atoms with Crippen LogP contribution < -0.4 is 5.32 Å². The maximum atomic E-state index is 12.9. The first kappa shape index (κ1) is 14.1. The van der Waals surface area contributed by atoms with Crippen molar-refractivity contribution in [2.45, 2.75) is 31.7 Å². The van der Waals surface area contributed by atoms with E-state index in [0.717, 1.165) is 31.4 Å². The lowest BCUT2D eigenvalue weighted by atomic mass is 9.87. The lowest BCUT2D eigenvalue weighted by molar-refractivity contribution is 0.448. The zero-order valence-electron chi connectivity index (χ0n) is 12.0. The Kier molecular flexibility index (Phi) is 4.20. The maximum absolute atomic E-state index is 12.9. The largest absolute Gasteiger partial charge is 0.508 e. The molecule has 3 heteroatoms. The van der Waals surface area contributed by atoms with Crippen molar-refractivity contribution in [2.24, 2.45) is 0 Å². The van der Waals surface area contributed by atoms with E-state index in [9.17, 15) is 9.50 Å². The number of phenolic OH excluding ortho intramolecular Hbond substituents is 1. The van der Waals surface area contributed by atoms with Gasteiger partial charge in [0.05, 0.1) is 0 Å². The van der Waals surface area contributed by atoms with Gasteiger partial charge < -0.3 is 10.4 Å². The summed E-state index contributed by atoms with van der Waals surface area (Å²) in [5.41, 5.74) is 3.69. The van der Waals surface area contributed by atoms with E-state index in [2.05, 4.69) is 5.32 Å². The number of nitrogens with one attached hydrogen (secondary N) is 1. The van der Waals surface area contributed by atoms with E-state index >= 15 is 0 Å². The average Bonchev–Trinajstić information content (AvgIpc) is 2.50. The smallest absolute Gasteiger partial charge is 0.123 e. The quantitative estimate of drug-likeness (QED) is 0.897. The molecule has 2 aromatic rings. The summed E-state index contributed by atoms with van der Waals surface area (Å²) in [5.74, 6) is 0.143. The van der Waals surface area contributed by atoms with Gasteiger partial charge in [-0.25, -0.2) is 4.39 Å². The Morgan fingerprint density at radius 3 is 2.76 bits per heavy atom. The number of phenols is 1. The molecule has 0 saturated carbocycles. The second kappa shape index (κ2) is 6.27. The highest BCUT2D eigenvalue weighted by Gasteiger charge is 2.19. The fourth-order valence-electron chi connectivity index (χ4n) is 3.04. The molecule has 0 aromatic heterocycles. The summed E-state index contributed by atoms with van der Waals surface area (Å²) in [6, 6.07) is 12.6. The van der Waals surface area contributed by atoms with Crippen LogP contribution in [0.2, 0.25) is 0 Å². The second-order valence-electron chi connectivity index (χ2n) is 5.66. The maximum Gasteiger partial charge on any atom is 0.123 e. The van der Waals surface area contributed by atoms with Crippen molar-refractivity contribution in [1.29, 1.82) is 0 Å². The summed E-state index contributed by atoms with van der Waals surface area (Å²) in [6.07, 6.45) is 4.24. The van der Waals surface area contributed by atoms with Crippen LogP contribution in [0, 0.1) is 5.82 Å². The minimum absolute atomic E-state index is 0.191. The lowest BCUT2D eigenvalue weighted by Gasteiger charge is -2.26. The van der Waals surface area contributed by atoms with Gasteiger partial charge in [0, 0.05) is 6.04 Å². The zero-order valence-corrected chi connectivity index (χ0v) is 12.0. The molecule has 0 fully saturated rings. The van der Waals surface area contributed by atoms with Crippen LogP contribution in [-0.4, -0.2) is 11.7 Å². The zero-order chi connectivity index (χ0) is 14.7. The van der Waals surface area contributed by atoms with Crippen LogP contribution in [0.5, 0.6) is 5.75 Å². The van der Waals surface area contributed by atoms with Crippen molar-refractivity contribution in [3.63, 3.8) is 0 Å². The van der Waals surface area contributed by atoms with Crippen LogP contribution in [0.1, 0.15) is 35.6 Å². The van der Waals surface area contributed by atoms with Gasteiger partial charge in [0.1, 0.15) is 11.6 Å². The topological polar surface area (TPSA) is 32.3 Å². The summed E-state index contributed by atoms with van der Waals surface area (Å²) >= 11 is 0. The summed E-state index contributed by atoms with van der Waals surface area (Å²) in [4.78, 5) is 0. The standard InChI is InChI=1S/C18H20FNO/c19-15-7-4-13(5-8-15)10-11-20-18-3-1-2-14-6-9-16(21)12-17(14)18/h4-9,12,18,20-21H,1-3,10-11H2. The van der Waals surface area contributed by atoms with Gasteiger partial charge in [-0.1, -0.05) is 18.2 Å². The minimum atomic E-state index is -0.191. The Balaban J connectivity index is 1.61. The van der Waals surface area contributed by atoms with Crippen molar-refractivity contribution >= 4 is 0 Å². The summed E-state index contributed by atoms with van der Waals surface area (Å²) < 4.78 is 12.9. The Hall–Kier alpha value is -1.87. The van der Waals surface area contributed by atoms with E-state index in [1.807, 2.05) is 24.3 Å². The van der Waals surface area contributed by atoms with Gasteiger partial charge in [0.2, 0.25) is 0 Å². The molecule has 2 aromatic carbocycles. The van der Waals surface area contributed by atoms with E-state index < -0.39 is 0 Å². The van der Waals surface area contributed by atoms with Gasteiger partial charge in [0.25, 0.3) is 0 Å². The molecule has 3 rings (SSSR count). The third-order valence-electron chi connectivity index (χ3n) is 4.16. The summed E-state index contributed by atoms with van der Waals surface area (Å²) in [6.45, 7) is 0.853. The van der Waals surface area contributed by atoms with E-state index in [-0.39, 0.29) is 5.82 Å². The number of benzene rings is 2. The first-order valence-corrected chi connectivity index (χ1v) is 7.52. The van der Waals surface area contributed by atoms with Crippen LogP contribution in [-0.2, 0) is 12.8 Å². The number of rotatable bonds is 4. The molecule has 1 aliphatic carbocycles. The van der Waals surface area contributed by atoms with Gasteiger partial charge >= 0.3 is 0 Å². The van der Waals surface area contributed by atoms with Crippen LogP contribution in [0.4, 0.5) is 4.39 Å². The number of hydrogen-bond acceptors (Lipinski definition) is 2. The van der Waals surface area contributed by atoms with Crippen LogP contribution in [0.25, 0.3) is 0 Å². The molecule has 0 bridgehead atoms. The van der Waals surface area contributed by atoms with Crippen molar-refractivity contribution in [3.05, 3.63) is 65.0 Å². The molecular formula is C18H20FNO. The van der Waals surface area contributed by atoms with Gasteiger partial charge in [-0.05, 0) is 73.2 Å². The van der Waals surface area contributed by atoms with Crippen LogP contribution in [0.3, 0.4) is 0 Å². The van der Waals surface area contributed by atoms with Crippen molar-refractivity contribution in [1.82, 2.24) is 5.32 Å². The van der Waals surface area contributed by atoms with Gasteiger partial charge in [0.15, 0.2) is 0 Å². The van der Waals surface area contributed by atoms with E-state index in [0.29, 0.717) is 11.8 Å². The molecule has 21 heavy (non-hydrogen) atoms. The van der Waals surface area contributed by atoms with Crippen LogP contribution >= 0.6 is 0 Å². The van der Waals surface area contributed by atoms with Gasteiger partial charge in [-0.15, -0.1) is 0 Å². The Morgan fingerprint density at radius 1 is 1.14 bits per heavy atom. The predicted molar refractivity (Wildman–Crippen MR) is 81.9 cm³/mol. The predicted octanol–water partition coefficient (Wildman–Crippen LogP) is 3.74. The van der Waals surface area contributed by atoms with Crippen molar-refractivity contribution in [2.75, 3.05) is 6.54 Å². The molecule has 110 valence electrons. The van der Waals surface area contributed by atoms with Crippen molar-refractivity contribution < 1.29 is 9.50 Å². The van der Waals surface area contributed by atoms with Crippen molar-refractivity contribution in [3.8, 4) is 5.75 Å². The molecule has 0 amide bonds. The third-order valence-corrected chi connectivity index (χ3v) is 4.16. The second-order valence-corrected chi connectivity index (χ2v) is 5.66. The molecule has 2 nitrogen and oxygen atoms in total. The third kappa shape index (κ3) is 3.42. The number of halogens is 1. The molecular weight excluding hydrogens is 265 g/mol. The highest BCUT2D eigenvalue weighted by molar-refractivity contribution is 5.38. The normalized spacial score (nSPS) is 17.5. The summed E-state index contributed by atoms with van der Waals surface area (Å²) in [5, 5.41) is 13.2. The molecule has 0 heterocycles. The lowest BCUT2D eigenvalue weighted by Crippen LogP contribution is -2.27. The first-order valence-electron chi connectivity index (χ1n) is 7.52. The Bertz CT molecular complexity index is 609. The van der Waals surface area contributed by atoms with Gasteiger partial charge in [-0.3, -0.25) is 0 Å². The molecule has 2 N–H and O–H groups in total. The molecule has 1 aliphatic rings. The Morgan fingerprint density at radius 2 is 1.95 bits per heavy atom. The fraction of sp³-hybridized carbons (Fsp3) is 0.333. The molecule has 0 spiro atoms. The number of fused-ring (bicyclic) bond motifs is 1. The fourth-order valence-corrected chi connectivity index (χ4v) is 3.04. The monoisotopic (exact) mass is 285 g/mol. The molecule has 0 radical (unpaired) electrons. The molecule has 1 atom stereocenters. The minimum Gasteiger partial charge on any atom is -0.508 e. The number of hydrogen-bond donors (Lipinski definition) is 2. The highest BCUT2D eigenvalue weighted by Crippen LogP contribution is 2.31. The SMILES string of the molecule is Oc1ccc2c(c1)C(NCCc1ccc(F)cc1)CCC2.